The van der Waals surface area contributed by atoms with Crippen LogP contribution >= 0.6 is 23.4 Å². The number of carbonyl (C=O) groups is 4. The lowest BCUT2D eigenvalue weighted by Gasteiger charge is -2.40. The molecule has 1 aromatic carbocycles. The van der Waals surface area contributed by atoms with E-state index >= 15 is 0 Å². The van der Waals surface area contributed by atoms with Gasteiger partial charge in [-0.1, -0.05) is 17.7 Å². The maximum Gasteiger partial charge on any atom is 0.285 e. The summed E-state index contributed by atoms with van der Waals surface area (Å²) in [5, 5.41) is 0.497. The smallest absolute Gasteiger partial charge is 0.285 e. The van der Waals surface area contributed by atoms with Crippen LogP contribution in [0.4, 0.5) is 4.79 Å². The number of carbonyl (C=O) groups excluding carboxylic acids is 4. The Bertz CT molecular complexity index is 1180. The number of hydrogen-bond donors (Lipinski definition) is 0. The highest BCUT2D eigenvalue weighted by Gasteiger charge is 2.54. The summed E-state index contributed by atoms with van der Waals surface area (Å²) in [5.74, 6) is -1.48. The van der Waals surface area contributed by atoms with Crippen LogP contribution in [0.15, 0.2) is 40.9 Å². The maximum absolute atomic E-state index is 13.8. The minimum Gasteiger partial charge on any atom is -0.339 e. The molecule has 6 nitrogen and oxygen atoms in total. The van der Waals surface area contributed by atoms with Crippen molar-refractivity contribution in [3.8, 4) is 0 Å². The van der Waals surface area contributed by atoms with Gasteiger partial charge < -0.3 is 4.90 Å². The second kappa shape index (κ2) is 7.88. The summed E-state index contributed by atoms with van der Waals surface area (Å²) in [4.78, 5) is 58.7. The molecular formula is C23H23ClN2O4S. The Hall–Kier alpha value is -2.51. The monoisotopic (exact) mass is 458 g/mol. The Morgan fingerprint density at radius 2 is 1.68 bits per heavy atom. The van der Waals surface area contributed by atoms with Crippen LogP contribution in [-0.2, 0) is 9.59 Å². The van der Waals surface area contributed by atoms with Crippen molar-refractivity contribution in [2.75, 3.05) is 14.1 Å². The van der Waals surface area contributed by atoms with Crippen molar-refractivity contribution in [3.05, 3.63) is 51.5 Å². The zero-order chi connectivity index (χ0) is 23.3. The molecule has 0 radical (unpaired) electrons. The largest absolute Gasteiger partial charge is 0.339 e. The second-order valence-electron chi connectivity index (χ2n) is 8.70. The van der Waals surface area contributed by atoms with E-state index in [1.807, 2.05) is 0 Å². The molecule has 1 aliphatic carbocycles. The number of thioether (sulfide) groups is 1. The lowest BCUT2D eigenvalue weighted by molar-refractivity contribution is -0.142. The predicted molar refractivity (Wildman–Crippen MR) is 122 cm³/mol. The predicted octanol–water partition coefficient (Wildman–Crippen LogP) is 4.94. The summed E-state index contributed by atoms with van der Waals surface area (Å²) in [6.45, 7) is 6.32. The number of benzene rings is 1. The van der Waals surface area contributed by atoms with E-state index < -0.39 is 22.4 Å². The average molecular weight is 459 g/mol. The first-order valence-corrected chi connectivity index (χ1v) is 10.8. The number of allylic oxidation sites excluding steroid dienone is 2. The average Bonchev–Trinajstić information content (AvgIpc) is 2.71. The number of pyridine rings is 1. The van der Waals surface area contributed by atoms with Crippen molar-refractivity contribution in [2.24, 2.45) is 10.8 Å². The molecular weight excluding hydrogens is 436 g/mol. The molecule has 1 aliphatic rings. The molecule has 0 atom stereocenters. The number of Topliss-reactive ketones (excluding diaryl/α,β-unsaturated/α-hetero) is 3. The van der Waals surface area contributed by atoms with Crippen molar-refractivity contribution in [3.63, 3.8) is 0 Å². The van der Waals surface area contributed by atoms with E-state index in [9.17, 15) is 19.2 Å². The summed E-state index contributed by atoms with van der Waals surface area (Å²) in [5.41, 5.74) is -2.05. The minimum atomic E-state index is -1.40. The molecule has 0 bridgehead atoms. The first kappa shape index (κ1) is 23.2. The van der Waals surface area contributed by atoms with Crippen molar-refractivity contribution < 1.29 is 19.2 Å². The van der Waals surface area contributed by atoms with E-state index in [4.69, 9.17) is 11.6 Å². The van der Waals surface area contributed by atoms with E-state index in [0.717, 1.165) is 11.8 Å². The van der Waals surface area contributed by atoms with Crippen LogP contribution in [0.25, 0.3) is 10.9 Å². The van der Waals surface area contributed by atoms with Crippen molar-refractivity contribution in [2.45, 2.75) is 27.7 Å². The third-order valence-corrected chi connectivity index (χ3v) is 7.23. The van der Waals surface area contributed by atoms with E-state index in [2.05, 4.69) is 4.98 Å². The van der Waals surface area contributed by atoms with Gasteiger partial charge >= 0.3 is 0 Å². The number of hydrogen-bond acceptors (Lipinski definition) is 6. The Morgan fingerprint density at radius 1 is 1.03 bits per heavy atom. The van der Waals surface area contributed by atoms with E-state index in [0.29, 0.717) is 15.9 Å². The van der Waals surface area contributed by atoms with Crippen LogP contribution in [0.1, 0.15) is 38.1 Å². The first-order chi connectivity index (χ1) is 14.3. The van der Waals surface area contributed by atoms with Gasteiger partial charge in [-0.15, -0.1) is 0 Å². The van der Waals surface area contributed by atoms with Crippen molar-refractivity contribution in [1.29, 1.82) is 0 Å². The lowest BCUT2D eigenvalue weighted by atomic mass is 9.63. The van der Waals surface area contributed by atoms with Gasteiger partial charge in [0.05, 0.1) is 26.9 Å². The Kier molecular flexibility index (Phi) is 5.88. The fourth-order valence-electron chi connectivity index (χ4n) is 3.75. The highest BCUT2D eigenvalue weighted by Crippen LogP contribution is 2.50. The Balaban J connectivity index is 2.33. The van der Waals surface area contributed by atoms with Gasteiger partial charge in [-0.05, 0) is 57.7 Å². The van der Waals surface area contributed by atoms with Crippen LogP contribution in [0.2, 0.25) is 5.02 Å². The molecule has 1 heterocycles. The summed E-state index contributed by atoms with van der Waals surface area (Å²) in [7, 11) is 3.14. The van der Waals surface area contributed by atoms with Crippen LogP contribution in [-0.4, -0.2) is 46.6 Å². The number of rotatable bonds is 3. The minimum absolute atomic E-state index is 0.137. The van der Waals surface area contributed by atoms with Gasteiger partial charge in [-0.3, -0.25) is 24.2 Å². The number of fused-ring (bicyclic) bond motifs is 1. The summed E-state index contributed by atoms with van der Waals surface area (Å²) in [6.07, 6.45) is 1.56. The molecule has 1 amide bonds. The molecule has 1 aromatic heterocycles. The first-order valence-electron chi connectivity index (χ1n) is 9.63. The zero-order valence-electron chi connectivity index (χ0n) is 18.2. The summed E-state index contributed by atoms with van der Waals surface area (Å²) >= 11 is 6.98. The van der Waals surface area contributed by atoms with E-state index in [-0.39, 0.29) is 27.1 Å². The maximum atomic E-state index is 13.8. The normalized spacial score (nSPS) is 17.8. The highest BCUT2D eigenvalue weighted by molar-refractivity contribution is 8.17. The second-order valence-corrected chi connectivity index (χ2v) is 10.1. The Morgan fingerprint density at radius 3 is 2.29 bits per heavy atom. The van der Waals surface area contributed by atoms with Gasteiger partial charge in [-0.2, -0.15) is 0 Å². The fourth-order valence-corrected chi connectivity index (χ4v) is 4.96. The van der Waals surface area contributed by atoms with Crippen LogP contribution in [0.5, 0.6) is 0 Å². The van der Waals surface area contributed by atoms with Gasteiger partial charge in [0, 0.05) is 36.1 Å². The molecule has 0 spiro atoms. The Labute approximate surface area is 190 Å². The van der Waals surface area contributed by atoms with Crippen LogP contribution in [0.3, 0.4) is 0 Å². The van der Waals surface area contributed by atoms with Gasteiger partial charge in [0.25, 0.3) is 5.24 Å². The molecule has 0 saturated carbocycles. The van der Waals surface area contributed by atoms with E-state index in [1.54, 1.807) is 58.4 Å². The molecule has 0 saturated heterocycles. The lowest BCUT2D eigenvalue weighted by Crippen LogP contribution is -2.49. The number of ketones is 3. The van der Waals surface area contributed by atoms with Crippen molar-refractivity contribution >= 4 is 56.9 Å². The van der Waals surface area contributed by atoms with Crippen LogP contribution < -0.4 is 0 Å². The molecule has 3 rings (SSSR count). The van der Waals surface area contributed by atoms with Gasteiger partial charge in [0.2, 0.25) is 0 Å². The quantitative estimate of drug-likeness (QED) is 0.368. The van der Waals surface area contributed by atoms with Crippen molar-refractivity contribution in [1.82, 2.24) is 9.88 Å². The zero-order valence-corrected chi connectivity index (χ0v) is 19.8. The van der Waals surface area contributed by atoms with Gasteiger partial charge in [0.15, 0.2) is 17.3 Å². The molecule has 0 N–H and O–H groups in total. The molecule has 0 fully saturated rings. The molecule has 31 heavy (non-hydrogen) atoms. The molecule has 162 valence electrons. The molecule has 0 unspecified atom stereocenters. The fraction of sp³-hybridized carbons (Fsp3) is 0.348. The van der Waals surface area contributed by atoms with Gasteiger partial charge in [-0.25, -0.2) is 0 Å². The summed E-state index contributed by atoms with van der Waals surface area (Å²) in [6, 6.07) is 6.47. The summed E-state index contributed by atoms with van der Waals surface area (Å²) < 4.78 is 0. The SMILES string of the molecule is CN(C)C(=O)SC1=C(C(=O)c2ccc(Cl)c3ncccc23)C(=O)C(C)(C)C(=O)C1(C)C. The third-order valence-electron chi connectivity index (χ3n) is 5.47. The molecule has 0 aliphatic heterocycles. The topological polar surface area (TPSA) is 84.4 Å². The number of nitrogens with zero attached hydrogens (tertiary/aromatic N) is 2. The number of aromatic nitrogens is 1. The standard InChI is InChI=1S/C23H23ClN2O4S/c1-22(2)18(28)15(19(23(3,4)20(22)29)31-21(30)26(5)6)17(27)13-9-10-14(24)16-12(13)8-7-11-25-16/h7-11H,1-6H3. The van der Waals surface area contributed by atoms with E-state index in [1.165, 1.54) is 18.7 Å². The molecule has 2 aromatic rings. The number of amides is 1. The van der Waals surface area contributed by atoms with Crippen LogP contribution in [0, 0.1) is 10.8 Å². The number of halogens is 1. The molecule has 8 heteroatoms. The third kappa shape index (κ3) is 3.70. The van der Waals surface area contributed by atoms with Gasteiger partial charge in [0.1, 0.15) is 0 Å². The highest BCUT2D eigenvalue weighted by atomic mass is 35.5.